The lowest BCUT2D eigenvalue weighted by Crippen LogP contribution is -2.17. The third-order valence-electron chi connectivity index (χ3n) is 7.24. The molecule has 8 nitrogen and oxygen atoms in total. The third-order valence-corrected chi connectivity index (χ3v) is 8.49. The molecule has 1 amide bonds. The minimum atomic E-state index is -0.364. The molecule has 6 aromatic rings. The average Bonchev–Trinajstić information content (AvgIpc) is 3.60. The van der Waals surface area contributed by atoms with E-state index < -0.39 is 0 Å². The van der Waals surface area contributed by atoms with Crippen LogP contribution in [0, 0.1) is 0 Å². The lowest BCUT2D eigenvalue weighted by atomic mass is 10.1. The Bertz CT molecular complexity index is 2050. The van der Waals surface area contributed by atoms with E-state index in [9.17, 15) is 4.79 Å². The summed E-state index contributed by atoms with van der Waals surface area (Å²) in [6, 6.07) is 35.4. The van der Waals surface area contributed by atoms with Crippen molar-refractivity contribution in [3.05, 3.63) is 153 Å². The molecular weight excluding hydrogens is 679 g/mol. The van der Waals surface area contributed by atoms with E-state index in [1.807, 2.05) is 90.3 Å². The van der Waals surface area contributed by atoms with Crippen molar-refractivity contribution in [2.24, 2.45) is 5.10 Å². The van der Waals surface area contributed by atoms with Gasteiger partial charge in [-0.2, -0.15) is 5.10 Å². The Morgan fingerprint density at radius 1 is 0.796 bits per heavy atom. The van der Waals surface area contributed by atoms with Crippen LogP contribution in [0.4, 0.5) is 10.8 Å². The first-order valence-corrected chi connectivity index (χ1v) is 16.7. The van der Waals surface area contributed by atoms with Gasteiger partial charge in [0.25, 0.3) is 5.91 Å². The van der Waals surface area contributed by atoms with Crippen molar-refractivity contribution < 1.29 is 19.0 Å². The number of nitrogens with zero attached hydrogens (tertiary/aromatic N) is 2. The summed E-state index contributed by atoms with van der Waals surface area (Å²) in [7, 11) is 1.60. The molecule has 0 fully saturated rings. The first kappa shape index (κ1) is 33.5. The second-order valence-electron chi connectivity index (χ2n) is 10.7. The zero-order valence-electron chi connectivity index (χ0n) is 26.2. The molecule has 0 radical (unpaired) electrons. The number of hydrogen-bond donors (Lipinski definition) is 2. The number of halogens is 2. The van der Waals surface area contributed by atoms with Crippen molar-refractivity contribution in [1.82, 2.24) is 10.4 Å². The van der Waals surface area contributed by atoms with Gasteiger partial charge in [0.15, 0.2) is 16.6 Å². The standard InChI is InChI=1S/C38H30Cl2N4O4S/c1-46-36-19-26(7-17-35(36)48-22-25-5-3-2-4-6-25)23-47-34-18-14-31(40)20-29(34)21-41-44-37(45)28-10-8-27(9-11-28)33-24-49-38(43-33)42-32-15-12-30(39)13-16-32/h2-21,24H,22-23H2,1H3,(H,42,43)(H,44,45)/b41-21-. The molecule has 0 spiro atoms. The van der Waals surface area contributed by atoms with Crippen molar-refractivity contribution in [1.29, 1.82) is 0 Å². The molecule has 0 aliphatic carbocycles. The lowest BCUT2D eigenvalue weighted by molar-refractivity contribution is 0.0955. The van der Waals surface area contributed by atoms with Crippen LogP contribution in [0.3, 0.4) is 0 Å². The highest BCUT2D eigenvalue weighted by Gasteiger charge is 2.11. The Balaban J connectivity index is 1.04. The van der Waals surface area contributed by atoms with Crippen LogP contribution in [0.1, 0.15) is 27.0 Å². The van der Waals surface area contributed by atoms with Crippen LogP contribution < -0.4 is 25.0 Å². The van der Waals surface area contributed by atoms with Gasteiger partial charge in [0.1, 0.15) is 19.0 Å². The van der Waals surface area contributed by atoms with Crippen molar-refractivity contribution in [3.8, 4) is 28.5 Å². The summed E-state index contributed by atoms with van der Waals surface area (Å²) in [5.41, 5.74) is 8.14. The van der Waals surface area contributed by atoms with Crippen LogP contribution in [0.5, 0.6) is 17.2 Å². The number of carbonyl (C=O) groups is 1. The monoisotopic (exact) mass is 708 g/mol. The van der Waals surface area contributed by atoms with Gasteiger partial charge in [-0.15, -0.1) is 11.3 Å². The number of thiazole rings is 1. The van der Waals surface area contributed by atoms with Crippen LogP contribution in [-0.4, -0.2) is 24.2 Å². The first-order valence-electron chi connectivity index (χ1n) is 15.1. The van der Waals surface area contributed by atoms with E-state index in [0.717, 1.165) is 33.2 Å². The van der Waals surface area contributed by atoms with Gasteiger partial charge in [-0.25, -0.2) is 10.4 Å². The van der Waals surface area contributed by atoms with Crippen molar-refractivity contribution in [3.63, 3.8) is 0 Å². The predicted octanol–water partition coefficient (Wildman–Crippen LogP) is 9.79. The normalized spacial score (nSPS) is 10.9. The average molecular weight is 710 g/mol. The molecule has 1 aromatic heterocycles. The molecule has 5 aromatic carbocycles. The molecule has 0 saturated heterocycles. The molecule has 6 rings (SSSR count). The summed E-state index contributed by atoms with van der Waals surface area (Å²) in [6.45, 7) is 0.689. The lowest BCUT2D eigenvalue weighted by Gasteiger charge is -2.14. The number of nitrogens with one attached hydrogen (secondary N) is 2. The van der Waals surface area contributed by atoms with E-state index in [0.29, 0.717) is 45.0 Å². The fourth-order valence-corrected chi connectivity index (χ4v) is 5.75. The molecule has 0 unspecified atom stereocenters. The Hall–Kier alpha value is -5.35. The highest BCUT2D eigenvalue weighted by Crippen LogP contribution is 2.31. The Morgan fingerprint density at radius 3 is 2.29 bits per heavy atom. The number of hydrazone groups is 1. The largest absolute Gasteiger partial charge is 0.493 e. The van der Waals surface area contributed by atoms with Gasteiger partial charge in [0.2, 0.25) is 0 Å². The van der Waals surface area contributed by atoms with E-state index >= 15 is 0 Å². The third kappa shape index (κ3) is 9.17. The van der Waals surface area contributed by atoms with Crippen molar-refractivity contribution >= 4 is 57.5 Å². The summed E-state index contributed by atoms with van der Waals surface area (Å²) in [4.78, 5) is 17.5. The zero-order chi connectivity index (χ0) is 34.0. The molecule has 0 aliphatic heterocycles. The van der Waals surface area contributed by atoms with E-state index in [1.54, 1.807) is 37.4 Å². The summed E-state index contributed by atoms with van der Waals surface area (Å²) in [5, 5.41) is 11.3. The smallest absolute Gasteiger partial charge is 0.271 e. The molecule has 49 heavy (non-hydrogen) atoms. The van der Waals surface area contributed by atoms with E-state index in [-0.39, 0.29) is 12.5 Å². The van der Waals surface area contributed by atoms with Gasteiger partial charge in [-0.05, 0) is 77.9 Å². The van der Waals surface area contributed by atoms with Gasteiger partial charge in [0, 0.05) is 37.8 Å². The maximum absolute atomic E-state index is 12.9. The van der Waals surface area contributed by atoms with Gasteiger partial charge >= 0.3 is 0 Å². The number of anilines is 2. The molecule has 0 saturated carbocycles. The second kappa shape index (κ2) is 16.2. The molecule has 2 N–H and O–H groups in total. The minimum Gasteiger partial charge on any atom is -0.493 e. The number of aromatic nitrogens is 1. The van der Waals surface area contributed by atoms with E-state index in [4.69, 9.17) is 37.4 Å². The first-order chi connectivity index (χ1) is 23.9. The number of benzene rings is 5. The second-order valence-corrected chi connectivity index (χ2v) is 12.4. The molecular formula is C38H30Cl2N4O4S. The van der Waals surface area contributed by atoms with Gasteiger partial charge in [0.05, 0.1) is 19.0 Å². The molecule has 1 heterocycles. The van der Waals surface area contributed by atoms with Crippen molar-refractivity contribution in [2.75, 3.05) is 12.4 Å². The maximum atomic E-state index is 12.9. The number of carbonyl (C=O) groups excluding carboxylic acids is 1. The molecule has 11 heteroatoms. The predicted molar refractivity (Wildman–Crippen MR) is 197 cm³/mol. The molecule has 0 aliphatic rings. The Labute approximate surface area is 297 Å². The van der Waals surface area contributed by atoms with Crippen LogP contribution in [0.15, 0.2) is 126 Å². The highest BCUT2D eigenvalue weighted by atomic mass is 35.5. The number of methoxy groups -OCH3 is 1. The number of amides is 1. The summed E-state index contributed by atoms with van der Waals surface area (Å²) < 4.78 is 17.6. The fraction of sp³-hybridized carbons (Fsp3) is 0.0789. The summed E-state index contributed by atoms with van der Waals surface area (Å²) in [6.07, 6.45) is 1.50. The maximum Gasteiger partial charge on any atom is 0.271 e. The minimum absolute atomic E-state index is 0.258. The van der Waals surface area contributed by atoms with Crippen LogP contribution in [0.25, 0.3) is 11.3 Å². The molecule has 0 bridgehead atoms. The van der Waals surface area contributed by atoms with E-state index in [2.05, 4.69) is 20.8 Å². The fourth-order valence-electron chi connectivity index (χ4n) is 4.71. The van der Waals surface area contributed by atoms with Crippen LogP contribution in [-0.2, 0) is 13.2 Å². The zero-order valence-corrected chi connectivity index (χ0v) is 28.6. The summed E-state index contributed by atoms with van der Waals surface area (Å²) in [5.74, 6) is 1.42. The molecule has 246 valence electrons. The quantitative estimate of drug-likeness (QED) is 0.0916. The summed E-state index contributed by atoms with van der Waals surface area (Å²) >= 11 is 13.7. The van der Waals surface area contributed by atoms with E-state index in [1.165, 1.54) is 17.6 Å². The van der Waals surface area contributed by atoms with Gasteiger partial charge in [-0.1, -0.05) is 71.7 Å². The Morgan fingerprint density at radius 2 is 1.51 bits per heavy atom. The SMILES string of the molecule is COc1cc(COc2ccc(Cl)cc2/C=N\NC(=O)c2ccc(-c3csc(Nc4ccc(Cl)cc4)n3)cc2)ccc1OCc1ccccc1. The Kier molecular flexibility index (Phi) is 11.1. The van der Waals surface area contributed by atoms with Crippen molar-refractivity contribution in [2.45, 2.75) is 13.2 Å². The van der Waals surface area contributed by atoms with Gasteiger partial charge in [-0.3, -0.25) is 4.79 Å². The van der Waals surface area contributed by atoms with Gasteiger partial charge < -0.3 is 19.5 Å². The number of hydrogen-bond acceptors (Lipinski definition) is 8. The molecule has 0 atom stereocenters. The van der Waals surface area contributed by atoms with Crippen LogP contribution in [0.2, 0.25) is 10.0 Å². The van der Waals surface area contributed by atoms with Crippen LogP contribution >= 0.6 is 34.5 Å². The number of rotatable bonds is 13. The number of ether oxygens (including phenoxy) is 3. The topological polar surface area (TPSA) is 94.1 Å². The highest BCUT2D eigenvalue weighted by molar-refractivity contribution is 7.14.